The van der Waals surface area contributed by atoms with E-state index in [0.29, 0.717) is 12.2 Å². The van der Waals surface area contributed by atoms with Gasteiger partial charge in [-0.25, -0.2) is 5.43 Å². The molecule has 2 aromatic carbocycles. The molecule has 0 bridgehead atoms. The van der Waals surface area contributed by atoms with Crippen molar-refractivity contribution in [3.05, 3.63) is 65.7 Å². The van der Waals surface area contributed by atoms with Crippen molar-refractivity contribution in [2.75, 3.05) is 6.61 Å². The maximum Gasteiger partial charge on any atom is 0.271 e. The van der Waals surface area contributed by atoms with Crippen molar-refractivity contribution in [2.45, 2.75) is 65.2 Å². The smallest absolute Gasteiger partial charge is 0.271 e. The first-order valence-electron chi connectivity index (χ1n) is 10.9. The third kappa shape index (κ3) is 8.51. The predicted molar refractivity (Wildman–Crippen MR) is 121 cm³/mol. The summed E-state index contributed by atoms with van der Waals surface area (Å²) in [4.78, 5) is 12.5. The molecule has 0 atom stereocenters. The van der Waals surface area contributed by atoms with Crippen LogP contribution in [0.4, 0.5) is 0 Å². The van der Waals surface area contributed by atoms with Gasteiger partial charge in [-0.3, -0.25) is 4.79 Å². The maximum atomic E-state index is 12.5. The summed E-state index contributed by atoms with van der Waals surface area (Å²) in [6.07, 6.45) is 8.93. The lowest BCUT2D eigenvalue weighted by Gasteiger charge is -2.09. The lowest BCUT2D eigenvalue weighted by Crippen LogP contribution is -2.20. The van der Waals surface area contributed by atoms with Crippen LogP contribution in [0.5, 0.6) is 5.75 Å². The minimum Gasteiger partial charge on any atom is -0.494 e. The molecule has 2 rings (SSSR count). The number of hydrazone groups is 1. The van der Waals surface area contributed by atoms with Crippen molar-refractivity contribution in [1.29, 1.82) is 0 Å². The Morgan fingerprint density at radius 3 is 2.21 bits per heavy atom. The van der Waals surface area contributed by atoms with Gasteiger partial charge in [0.15, 0.2) is 0 Å². The second-order valence-electron chi connectivity index (χ2n) is 7.26. The second kappa shape index (κ2) is 13.5. The average molecular weight is 395 g/mol. The molecule has 0 aliphatic rings. The molecule has 0 aliphatic carbocycles. The van der Waals surface area contributed by atoms with E-state index in [-0.39, 0.29) is 5.91 Å². The Hall–Kier alpha value is -2.62. The van der Waals surface area contributed by atoms with Crippen molar-refractivity contribution < 1.29 is 9.53 Å². The van der Waals surface area contributed by atoms with Crippen molar-refractivity contribution in [3.63, 3.8) is 0 Å². The zero-order valence-corrected chi connectivity index (χ0v) is 17.8. The summed E-state index contributed by atoms with van der Waals surface area (Å²) in [5, 5.41) is 4.43. The number of nitrogens with zero attached hydrogens (tertiary/aromatic N) is 1. The van der Waals surface area contributed by atoms with Crippen LogP contribution in [0.3, 0.4) is 0 Å². The summed E-state index contributed by atoms with van der Waals surface area (Å²) in [5.74, 6) is 0.592. The Morgan fingerprint density at radius 2 is 1.52 bits per heavy atom. The maximum absolute atomic E-state index is 12.5. The van der Waals surface area contributed by atoms with Crippen molar-refractivity contribution in [3.8, 4) is 5.75 Å². The van der Waals surface area contributed by atoms with E-state index in [1.54, 1.807) is 12.1 Å². The van der Waals surface area contributed by atoms with Gasteiger partial charge in [0.2, 0.25) is 0 Å². The first kappa shape index (κ1) is 22.7. The topological polar surface area (TPSA) is 50.7 Å². The number of carbonyl (C=O) groups is 1. The monoisotopic (exact) mass is 394 g/mol. The van der Waals surface area contributed by atoms with Crippen molar-refractivity contribution in [2.24, 2.45) is 5.10 Å². The summed E-state index contributed by atoms with van der Waals surface area (Å²) in [7, 11) is 0. The van der Waals surface area contributed by atoms with E-state index in [1.807, 2.05) is 42.5 Å². The third-order valence-corrected chi connectivity index (χ3v) is 4.80. The van der Waals surface area contributed by atoms with Gasteiger partial charge in [0.1, 0.15) is 5.75 Å². The Labute approximate surface area is 175 Å². The van der Waals surface area contributed by atoms with E-state index in [9.17, 15) is 4.79 Å². The number of ether oxygens (including phenoxy) is 1. The number of unbranched alkanes of at least 4 members (excludes halogenated alkanes) is 5. The number of hydrogen-bond donors (Lipinski definition) is 1. The Balaban J connectivity index is 1.92. The summed E-state index contributed by atoms with van der Waals surface area (Å²) in [5.41, 5.74) is 5.26. The van der Waals surface area contributed by atoms with Crippen LogP contribution < -0.4 is 10.2 Å². The molecular weight excluding hydrogens is 360 g/mol. The summed E-state index contributed by atoms with van der Waals surface area (Å²) >= 11 is 0. The van der Waals surface area contributed by atoms with Crippen LogP contribution >= 0.6 is 0 Å². The molecule has 4 heteroatoms. The molecule has 0 unspecified atom stereocenters. The summed E-state index contributed by atoms with van der Waals surface area (Å²) in [6.45, 7) is 5.09. The number of carbonyl (C=O) groups excluding carboxylic acids is 1. The third-order valence-electron chi connectivity index (χ3n) is 4.80. The number of hydrogen-bond acceptors (Lipinski definition) is 3. The molecule has 0 radical (unpaired) electrons. The first-order chi connectivity index (χ1) is 14.2. The molecule has 0 aromatic heterocycles. The van der Waals surface area contributed by atoms with Crippen LogP contribution in [-0.4, -0.2) is 18.2 Å². The van der Waals surface area contributed by atoms with Gasteiger partial charge in [0.05, 0.1) is 12.3 Å². The molecule has 0 aliphatic heterocycles. The number of nitrogens with one attached hydrogen (secondary N) is 1. The Morgan fingerprint density at radius 1 is 0.828 bits per heavy atom. The van der Waals surface area contributed by atoms with Crippen LogP contribution in [0.15, 0.2) is 59.7 Å². The lowest BCUT2D eigenvalue weighted by atomic mass is 10.0. The van der Waals surface area contributed by atoms with Crippen molar-refractivity contribution in [1.82, 2.24) is 5.43 Å². The van der Waals surface area contributed by atoms with E-state index in [2.05, 4.69) is 24.4 Å². The van der Waals surface area contributed by atoms with Crippen LogP contribution in [0.2, 0.25) is 0 Å². The normalized spacial score (nSPS) is 11.3. The standard InChI is InChI=1S/C25H34N2O2/c1-3-5-7-12-20-29-23-18-16-22(17-19-23)25(28)27-26-24(15-9-6-4-2)21-13-10-8-11-14-21/h8,10-11,13-14,16-19H,3-7,9,12,15,20H2,1-2H3,(H,27,28)/b26-24+. The minimum atomic E-state index is -0.205. The van der Waals surface area contributed by atoms with Crippen LogP contribution in [-0.2, 0) is 0 Å². The van der Waals surface area contributed by atoms with E-state index < -0.39 is 0 Å². The molecule has 1 N–H and O–H groups in total. The molecule has 1 amide bonds. The fourth-order valence-electron chi connectivity index (χ4n) is 3.04. The molecule has 0 saturated heterocycles. The van der Waals surface area contributed by atoms with E-state index >= 15 is 0 Å². The van der Waals surface area contributed by atoms with Gasteiger partial charge < -0.3 is 4.74 Å². The average Bonchev–Trinajstić information content (AvgIpc) is 2.77. The molecule has 0 fully saturated rings. The molecule has 156 valence electrons. The number of rotatable bonds is 13. The molecule has 2 aromatic rings. The molecule has 0 spiro atoms. The molecule has 0 saturated carbocycles. The zero-order chi connectivity index (χ0) is 20.7. The zero-order valence-electron chi connectivity index (χ0n) is 17.8. The van der Waals surface area contributed by atoms with E-state index in [4.69, 9.17) is 4.74 Å². The van der Waals surface area contributed by atoms with Gasteiger partial charge in [-0.05, 0) is 49.1 Å². The van der Waals surface area contributed by atoms with Gasteiger partial charge in [0.25, 0.3) is 5.91 Å². The minimum absolute atomic E-state index is 0.205. The van der Waals surface area contributed by atoms with E-state index in [1.165, 1.54) is 19.3 Å². The molecular formula is C25H34N2O2. The number of benzene rings is 2. The van der Waals surface area contributed by atoms with Crippen LogP contribution in [0.1, 0.15) is 81.1 Å². The Bertz CT molecular complexity index is 739. The second-order valence-corrected chi connectivity index (χ2v) is 7.26. The largest absolute Gasteiger partial charge is 0.494 e. The predicted octanol–water partition coefficient (Wildman–Crippen LogP) is 6.36. The van der Waals surface area contributed by atoms with Gasteiger partial charge in [-0.15, -0.1) is 0 Å². The fourth-order valence-corrected chi connectivity index (χ4v) is 3.04. The van der Waals surface area contributed by atoms with E-state index in [0.717, 1.165) is 49.1 Å². The molecule has 4 nitrogen and oxygen atoms in total. The van der Waals surface area contributed by atoms with Gasteiger partial charge in [-0.2, -0.15) is 5.10 Å². The highest BCUT2D eigenvalue weighted by Crippen LogP contribution is 2.14. The van der Waals surface area contributed by atoms with Crippen LogP contribution in [0.25, 0.3) is 0 Å². The van der Waals surface area contributed by atoms with Crippen molar-refractivity contribution >= 4 is 11.6 Å². The highest BCUT2D eigenvalue weighted by atomic mass is 16.5. The van der Waals surface area contributed by atoms with Gasteiger partial charge >= 0.3 is 0 Å². The lowest BCUT2D eigenvalue weighted by molar-refractivity contribution is 0.0954. The first-order valence-corrected chi connectivity index (χ1v) is 10.9. The Kier molecular flexibility index (Phi) is 10.6. The molecule has 0 heterocycles. The van der Waals surface area contributed by atoms with Gasteiger partial charge in [0, 0.05) is 5.56 Å². The summed E-state index contributed by atoms with van der Waals surface area (Å²) in [6, 6.07) is 17.3. The summed E-state index contributed by atoms with van der Waals surface area (Å²) < 4.78 is 5.74. The fraction of sp³-hybridized carbons (Fsp3) is 0.440. The highest BCUT2D eigenvalue weighted by molar-refractivity contribution is 6.02. The quantitative estimate of drug-likeness (QED) is 0.244. The number of amides is 1. The SMILES string of the molecule is CCCCCCOc1ccc(C(=O)N/N=C(\CCCCC)c2ccccc2)cc1. The molecule has 29 heavy (non-hydrogen) atoms. The highest BCUT2D eigenvalue weighted by Gasteiger charge is 2.08. The van der Waals surface area contributed by atoms with Crippen LogP contribution in [0, 0.1) is 0 Å². The van der Waals surface area contributed by atoms with Gasteiger partial charge in [-0.1, -0.05) is 76.3 Å².